The summed E-state index contributed by atoms with van der Waals surface area (Å²) in [6, 6.07) is 17.7. The van der Waals surface area contributed by atoms with Gasteiger partial charge in [0.1, 0.15) is 12.3 Å². The molecule has 0 saturated carbocycles. The maximum Gasteiger partial charge on any atom is 0.350 e. The highest BCUT2D eigenvalue weighted by Gasteiger charge is 2.18. The van der Waals surface area contributed by atoms with E-state index in [2.05, 4.69) is 20.6 Å². The number of ether oxygens (including phenoxy) is 1. The van der Waals surface area contributed by atoms with Gasteiger partial charge in [0.25, 0.3) is 5.89 Å². The summed E-state index contributed by atoms with van der Waals surface area (Å²) >= 11 is 5.94. The monoisotopic (exact) mass is 490 g/mol. The highest BCUT2D eigenvalue weighted by atomic mass is 35.5. The van der Waals surface area contributed by atoms with E-state index in [0.717, 1.165) is 21.6 Å². The Kier molecular flexibility index (Phi) is 6.02. The molecule has 3 aromatic heterocycles. The molecule has 10 nitrogen and oxygen atoms in total. The van der Waals surface area contributed by atoms with Gasteiger partial charge in [-0.15, -0.1) is 5.10 Å². The quantitative estimate of drug-likeness (QED) is 0.372. The molecular weight excluding hydrogens is 472 g/mol. The van der Waals surface area contributed by atoms with Crippen LogP contribution in [-0.4, -0.2) is 37.3 Å². The van der Waals surface area contributed by atoms with Crippen LogP contribution in [0.15, 0.2) is 76.2 Å². The molecule has 0 aliphatic heterocycles. The van der Waals surface area contributed by atoms with E-state index < -0.39 is 5.69 Å². The van der Waals surface area contributed by atoms with E-state index >= 15 is 0 Å². The number of carbonyl (C=O) groups is 1. The lowest BCUT2D eigenvalue weighted by Gasteiger charge is -2.06. The molecule has 3 heterocycles. The second kappa shape index (κ2) is 9.43. The predicted molar refractivity (Wildman–Crippen MR) is 128 cm³/mol. The number of nitrogens with one attached hydrogen (secondary N) is 1. The van der Waals surface area contributed by atoms with Crippen molar-refractivity contribution in [1.29, 1.82) is 0 Å². The van der Waals surface area contributed by atoms with Crippen molar-refractivity contribution in [1.82, 2.24) is 29.6 Å². The molecular formula is C24H19ClN6O4. The third-order valence-corrected chi connectivity index (χ3v) is 5.56. The first kappa shape index (κ1) is 22.4. The van der Waals surface area contributed by atoms with Crippen molar-refractivity contribution in [3.05, 3.63) is 87.9 Å². The average Bonchev–Trinajstić information content (AvgIpc) is 3.49. The molecule has 0 aliphatic rings. The number of benzene rings is 2. The second-order valence-electron chi connectivity index (χ2n) is 7.61. The van der Waals surface area contributed by atoms with Gasteiger partial charge in [-0.25, -0.2) is 13.9 Å². The van der Waals surface area contributed by atoms with Gasteiger partial charge in [0.2, 0.25) is 11.7 Å². The maximum atomic E-state index is 12.8. The van der Waals surface area contributed by atoms with E-state index in [1.807, 2.05) is 24.3 Å². The van der Waals surface area contributed by atoms with E-state index in [1.165, 1.54) is 4.40 Å². The van der Waals surface area contributed by atoms with Crippen molar-refractivity contribution in [2.75, 3.05) is 7.11 Å². The second-order valence-corrected chi connectivity index (χ2v) is 8.05. The molecule has 11 heteroatoms. The number of halogens is 1. The molecule has 35 heavy (non-hydrogen) atoms. The number of hydrogen-bond donors (Lipinski definition) is 1. The van der Waals surface area contributed by atoms with Crippen LogP contribution >= 0.6 is 11.6 Å². The largest absolute Gasteiger partial charge is 0.497 e. The molecule has 5 aromatic rings. The van der Waals surface area contributed by atoms with Gasteiger partial charge < -0.3 is 14.6 Å². The molecule has 0 saturated heterocycles. The summed E-state index contributed by atoms with van der Waals surface area (Å²) in [6.07, 6.45) is 1.57. The number of fused-ring (bicyclic) bond motifs is 1. The number of hydrogen-bond acceptors (Lipinski definition) is 7. The lowest BCUT2D eigenvalue weighted by atomic mass is 10.2. The smallest absolute Gasteiger partial charge is 0.350 e. The summed E-state index contributed by atoms with van der Waals surface area (Å²) in [6.45, 7) is 0.0711. The summed E-state index contributed by atoms with van der Waals surface area (Å²) in [4.78, 5) is 29.8. The van der Waals surface area contributed by atoms with Crippen molar-refractivity contribution in [3.63, 3.8) is 0 Å². The van der Waals surface area contributed by atoms with E-state index in [-0.39, 0.29) is 18.3 Å². The third kappa shape index (κ3) is 4.64. The average molecular weight is 491 g/mol. The Bertz CT molecular complexity index is 1550. The zero-order valence-corrected chi connectivity index (χ0v) is 19.3. The van der Waals surface area contributed by atoms with Crippen LogP contribution in [0.1, 0.15) is 5.56 Å². The van der Waals surface area contributed by atoms with Crippen molar-refractivity contribution < 1.29 is 14.1 Å². The van der Waals surface area contributed by atoms with E-state index in [1.54, 1.807) is 49.7 Å². The molecule has 1 amide bonds. The Morgan fingerprint density at radius 3 is 2.63 bits per heavy atom. The fourth-order valence-corrected chi connectivity index (χ4v) is 3.62. The van der Waals surface area contributed by atoms with E-state index in [0.29, 0.717) is 28.6 Å². The first-order valence-corrected chi connectivity index (χ1v) is 11.0. The minimum atomic E-state index is -0.459. The molecule has 2 aromatic carbocycles. The van der Waals surface area contributed by atoms with Crippen molar-refractivity contribution in [2.45, 2.75) is 13.1 Å². The summed E-state index contributed by atoms with van der Waals surface area (Å²) < 4.78 is 13.0. The first-order valence-electron chi connectivity index (χ1n) is 10.6. The fraction of sp³-hybridized carbons (Fsp3) is 0.125. The van der Waals surface area contributed by atoms with E-state index in [9.17, 15) is 9.59 Å². The Morgan fingerprint density at radius 1 is 1.11 bits per heavy atom. The number of nitrogens with zero attached hydrogens (tertiary/aromatic N) is 5. The summed E-state index contributed by atoms with van der Waals surface area (Å²) in [5.41, 5.74) is 1.94. The maximum absolute atomic E-state index is 12.8. The molecule has 0 fully saturated rings. The third-order valence-electron chi connectivity index (χ3n) is 5.31. The molecule has 0 aliphatic carbocycles. The molecule has 1 N–H and O–H groups in total. The lowest BCUT2D eigenvalue weighted by molar-refractivity contribution is -0.122. The van der Waals surface area contributed by atoms with Gasteiger partial charge in [0, 0.05) is 23.3 Å². The molecule has 176 valence electrons. The van der Waals surface area contributed by atoms with Crippen LogP contribution in [0, 0.1) is 0 Å². The van der Waals surface area contributed by atoms with Crippen LogP contribution in [0.5, 0.6) is 5.75 Å². The van der Waals surface area contributed by atoms with Gasteiger partial charge in [-0.3, -0.25) is 4.79 Å². The van der Waals surface area contributed by atoms with E-state index in [4.69, 9.17) is 20.9 Å². The van der Waals surface area contributed by atoms with Crippen LogP contribution in [0.4, 0.5) is 0 Å². The number of aromatic nitrogens is 5. The highest BCUT2D eigenvalue weighted by Crippen LogP contribution is 2.25. The number of pyridine rings is 1. The number of amides is 1. The zero-order chi connectivity index (χ0) is 24.4. The Hall–Kier alpha value is -4.44. The van der Waals surface area contributed by atoms with Gasteiger partial charge in [-0.1, -0.05) is 28.9 Å². The van der Waals surface area contributed by atoms with Gasteiger partial charge in [-0.2, -0.15) is 4.98 Å². The topological polar surface area (TPSA) is 117 Å². The summed E-state index contributed by atoms with van der Waals surface area (Å²) in [5, 5.41) is 11.7. The summed E-state index contributed by atoms with van der Waals surface area (Å²) in [7, 11) is 1.59. The minimum absolute atomic E-state index is 0.196. The van der Waals surface area contributed by atoms with Crippen molar-refractivity contribution in [3.8, 4) is 28.6 Å². The predicted octanol–water partition coefficient (Wildman–Crippen LogP) is 3.19. The highest BCUT2D eigenvalue weighted by molar-refractivity contribution is 6.30. The van der Waals surface area contributed by atoms with Crippen LogP contribution in [0.25, 0.3) is 28.5 Å². The SMILES string of the molecule is COc1ccc(CNC(=O)Cn2nc3c(-c4nc(-c5ccc(Cl)cc5)no4)cccn3c2=O)cc1. The first-order chi connectivity index (χ1) is 17.0. The van der Waals surface area contributed by atoms with Crippen molar-refractivity contribution in [2.24, 2.45) is 0 Å². The molecule has 0 unspecified atom stereocenters. The molecule has 5 rings (SSSR count). The van der Waals surface area contributed by atoms with Crippen LogP contribution in [0.3, 0.4) is 0 Å². The van der Waals surface area contributed by atoms with Crippen LogP contribution in [0.2, 0.25) is 5.02 Å². The van der Waals surface area contributed by atoms with Crippen LogP contribution < -0.4 is 15.7 Å². The Balaban J connectivity index is 1.36. The molecule has 0 spiro atoms. The number of rotatable bonds is 7. The molecule has 0 bridgehead atoms. The number of methoxy groups -OCH3 is 1. The van der Waals surface area contributed by atoms with Gasteiger partial charge in [0.05, 0.1) is 12.7 Å². The Morgan fingerprint density at radius 2 is 1.89 bits per heavy atom. The van der Waals surface area contributed by atoms with Gasteiger partial charge in [-0.05, 0) is 54.1 Å². The standard InChI is InChI=1S/C24H19ClN6O4/c1-34-18-10-4-15(5-11-18)13-26-20(32)14-31-24(33)30-12-2-3-19(22(30)28-31)23-27-21(29-35-23)16-6-8-17(25)9-7-16/h2-12H,13-14H2,1H3,(H,26,32). The minimum Gasteiger partial charge on any atom is -0.497 e. The Labute approximate surface area is 203 Å². The fourth-order valence-electron chi connectivity index (χ4n) is 3.49. The molecule has 0 radical (unpaired) electrons. The van der Waals surface area contributed by atoms with Crippen molar-refractivity contribution >= 4 is 23.2 Å². The van der Waals surface area contributed by atoms with Gasteiger partial charge in [0.15, 0.2) is 5.65 Å². The molecule has 0 atom stereocenters. The summed E-state index contributed by atoms with van der Waals surface area (Å²) in [5.74, 6) is 0.948. The van der Waals surface area contributed by atoms with Gasteiger partial charge >= 0.3 is 5.69 Å². The zero-order valence-electron chi connectivity index (χ0n) is 18.5. The normalized spacial score (nSPS) is 11.0. The van der Waals surface area contributed by atoms with Crippen LogP contribution in [-0.2, 0) is 17.9 Å². The lowest BCUT2D eigenvalue weighted by Crippen LogP contribution is -2.32. The number of carbonyl (C=O) groups excluding carboxylic acids is 1.